The molecule has 0 fully saturated rings. The van der Waals surface area contributed by atoms with Gasteiger partial charge >= 0.3 is 0 Å². The number of para-hydroxylation sites is 1. The number of allylic oxidation sites excluding steroid dienone is 1. The largest absolute Gasteiger partial charge is 0.497 e. The van der Waals surface area contributed by atoms with Crippen LogP contribution in [0.5, 0.6) is 5.75 Å². The van der Waals surface area contributed by atoms with Gasteiger partial charge in [-0.15, -0.1) is 0 Å². The predicted octanol–water partition coefficient (Wildman–Crippen LogP) is 4.84. The fraction of sp³-hybridized carbons (Fsp3) is 0.0417. The van der Waals surface area contributed by atoms with Crippen molar-refractivity contribution in [2.24, 2.45) is 0 Å². The van der Waals surface area contributed by atoms with Crippen molar-refractivity contribution < 1.29 is 9.53 Å². The fourth-order valence-corrected chi connectivity index (χ4v) is 2.97. The number of hydrogen-bond donors (Lipinski definition) is 0. The average molecular weight is 381 g/mol. The summed E-state index contributed by atoms with van der Waals surface area (Å²) in [5.41, 5.74) is 4.12. The first kappa shape index (κ1) is 18.4. The van der Waals surface area contributed by atoms with Gasteiger partial charge < -0.3 is 4.74 Å². The average Bonchev–Trinajstić information content (AvgIpc) is 3.23. The lowest BCUT2D eigenvalue weighted by Gasteiger charge is -2.00. The van der Waals surface area contributed by atoms with Gasteiger partial charge in [-0.2, -0.15) is 5.10 Å². The number of ketones is 1. The number of carbonyl (C=O) groups is 1. The molecule has 2 heterocycles. The fourth-order valence-electron chi connectivity index (χ4n) is 2.97. The van der Waals surface area contributed by atoms with Crippen LogP contribution in [-0.4, -0.2) is 27.7 Å². The van der Waals surface area contributed by atoms with E-state index in [1.165, 1.54) is 0 Å². The van der Waals surface area contributed by atoms with E-state index in [1.54, 1.807) is 55.9 Å². The van der Waals surface area contributed by atoms with Gasteiger partial charge in [-0.05, 0) is 60.7 Å². The van der Waals surface area contributed by atoms with Crippen LogP contribution in [0.3, 0.4) is 0 Å². The molecule has 0 aliphatic heterocycles. The minimum Gasteiger partial charge on any atom is -0.497 e. The van der Waals surface area contributed by atoms with E-state index >= 15 is 0 Å². The van der Waals surface area contributed by atoms with E-state index in [0.717, 1.165) is 28.3 Å². The number of nitrogens with zero attached hydrogens (tertiary/aromatic N) is 3. The van der Waals surface area contributed by atoms with Crippen LogP contribution in [0.2, 0.25) is 0 Å². The Kier molecular flexibility index (Phi) is 5.29. The van der Waals surface area contributed by atoms with Crippen molar-refractivity contribution in [2.45, 2.75) is 0 Å². The summed E-state index contributed by atoms with van der Waals surface area (Å²) in [7, 11) is 1.60. The van der Waals surface area contributed by atoms with Gasteiger partial charge in [0.2, 0.25) is 0 Å². The molecule has 4 rings (SSSR count). The van der Waals surface area contributed by atoms with Crippen molar-refractivity contribution in [3.63, 3.8) is 0 Å². The second kappa shape index (κ2) is 8.35. The molecule has 0 radical (unpaired) electrons. The van der Waals surface area contributed by atoms with E-state index in [0.29, 0.717) is 5.56 Å². The van der Waals surface area contributed by atoms with Crippen LogP contribution in [0.15, 0.2) is 91.4 Å². The Morgan fingerprint density at radius 3 is 2.38 bits per heavy atom. The number of methoxy groups -OCH3 is 1. The van der Waals surface area contributed by atoms with Gasteiger partial charge in [0.25, 0.3) is 0 Å². The Morgan fingerprint density at radius 1 is 0.966 bits per heavy atom. The molecular formula is C24H19N3O2. The Balaban J connectivity index is 1.68. The lowest BCUT2D eigenvalue weighted by molar-refractivity contribution is 0.104. The molecule has 5 nitrogen and oxygen atoms in total. The molecule has 2 aromatic heterocycles. The Hall–Kier alpha value is -3.99. The molecular weight excluding hydrogens is 362 g/mol. The first-order valence-corrected chi connectivity index (χ1v) is 9.16. The zero-order valence-electron chi connectivity index (χ0n) is 15.9. The maximum absolute atomic E-state index is 12.6. The number of aromatic nitrogens is 3. The summed E-state index contributed by atoms with van der Waals surface area (Å²) in [4.78, 5) is 16.7. The molecule has 4 aromatic rings. The Morgan fingerprint density at radius 2 is 1.69 bits per heavy atom. The summed E-state index contributed by atoms with van der Waals surface area (Å²) >= 11 is 0. The molecule has 0 amide bonds. The van der Waals surface area contributed by atoms with Crippen LogP contribution in [0.4, 0.5) is 0 Å². The van der Waals surface area contributed by atoms with Crippen LogP contribution in [0.1, 0.15) is 15.9 Å². The van der Waals surface area contributed by atoms with Crippen molar-refractivity contribution in [3.05, 3.63) is 103 Å². The highest BCUT2D eigenvalue weighted by Crippen LogP contribution is 2.24. The molecule has 29 heavy (non-hydrogen) atoms. The predicted molar refractivity (Wildman–Crippen MR) is 113 cm³/mol. The summed E-state index contributed by atoms with van der Waals surface area (Å²) in [5, 5.41) is 4.73. The standard InChI is InChI=1S/C24H19N3O2/c1-29-22-10-7-18(8-11-22)23(28)12-9-20-17-27(21-5-3-2-4-6-21)26-24(20)19-13-15-25-16-14-19/h2-17H,1H3/b12-9+. The monoisotopic (exact) mass is 381 g/mol. The van der Waals surface area contributed by atoms with Gasteiger partial charge in [-0.25, -0.2) is 4.68 Å². The molecule has 0 atom stereocenters. The summed E-state index contributed by atoms with van der Waals surface area (Å²) in [5.74, 6) is 0.635. The molecule has 0 aliphatic carbocycles. The van der Waals surface area contributed by atoms with Crippen LogP contribution >= 0.6 is 0 Å². The maximum Gasteiger partial charge on any atom is 0.185 e. The second-order valence-electron chi connectivity index (χ2n) is 6.38. The topological polar surface area (TPSA) is 57.0 Å². The third-order valence-electron chi connectivity index (χ3n) is 4.51. The number of hydrogen-bond acceptors (Lipinski definition) is 4. The van der Waals surface area contributed by atoms with Crippen LogP contribution in [0.25, 0.3) is 23.0 Å². The van der Waals surface area contributed by atoms with Crippen LogP contribution in [-0.2, 0) is 0 Å². The van der Waals surface area contributed by atoms with Crippen LogP contribution < -0.4 is 4.74 Å². The molecule has 0 aliphatic rings. The second-order valence-corrected chi connectivity index (χ2v) is 6.38. The quantitative estimate of drug-likeness (QED) is 0.354. The van der Waals surface area contributed by atoms with Gasteiger partial charge in [-0.3, -0.25) is 9.78 Å². The van der Waals surface area contributed by atoms with Crippen molar-refractivity contribution in [2.75, 3.05) is 7.11 Å². The van der Waals surface area contributed by atoms with Gasteiger partial charge in [0.05, 0.1) is 12.8 Å². The highest BCUT2D eigenvalue weighted by Gasteiger charge is 2.11. The molecule has 0 spiro atoms. The zero-order valence-corrected chi connectivity index (χ0v) is 15.9. The van der Waals surface area contributed by atoms with Gasteiger partial charge in [-0.1, -0.05) is 18.2 Å². The van der Waals surface area contributed by atoms with Gasteiger partial charge in [0.1, 0.15) is 11.4 Å². The number of carbonyl (C=O) groups excluding carboxylic acids is 1. The smallest absolute Gasteiger partial charge is 0.185 e. The summed E-state index contributed by atoms with van der Waals surface area (Å²) < 4.78 is 6.96. The third kappa shape index (κ3) is 4.14. The van der Waals surface area contributed by atoms with Crippen molar-refractivity contribution in [3.8, 4) is 22.7 Å². The minimum absolute atomic E-state index is 0.0826. The third-order valence-corrected chi connectivity index (χ3v) is 4.51. The SMILES string of the molecule is COc1ccc(C(=O)/C=C/c2cn(-c3ccccc3)nc2-c2ccncc2)cc1. The van der Waals surface area contributed by atoms with Gasteiger partial charge in [0, 0.05) is 35.3 Å². The van der Waals surface area contributed by atoms with Gasteiger partial charge in [0.15, 0.2) is 5.78 Å². The van der Waals surface area contributed by atoms with E-state index in [9.17, 15) is 4.79 Å². The molecule has 0 saturated heterocycles. The number of pyridine rings is 1. The van der Waals surface area contributed by atoms with E-state index in [-0.39, 0.29) is 5.78 Å². The molecule has 0 unspecified atom stereocenters. The van der Waals surface area contributed by atoms with Crippen LogP contribution in [0, 0.1) is 0 Å². The normalized spacial score (nSPS) is 10.9. The number of rotatable bonds is 6. The lowest BCUT2D eigenvalue weighted by atomic mass is 10.1. The number of ether oxygens (including phenoxy) is 1. The molecule has 0 bridgehead atoms. The molecule has 142 valence electrons. The van der Waals surface area contributed by atoms with Crippen molar-refractivity contribution in [1.82, 2.24) is 14.8 Å². The first-order valence-electron chi connectivity index (χ1n) is 9.16. The molecule has 5 heteroatoms. The van der Waals surface area contributed by atoms with E-state index in [2.05, 4.69) is 4.98 Å². The molecule has 2 aromatic carbocycles. The van der Waals surface area contributed by atoms with E-state index in [4.69, 9.17) is 9.84 Å². The summed E-state index contributed by atoms with van der Waals surface area (Å²) in [6.45, 7) is 0. The summed E-state index contributed by atoms with van der Waals surface area (Å²) in [6, 6.07) is 20.7. The number of benzene rings is 2. The highest BCUT2D eigenvalue weighted by molar-refractivity contribution is 6.07. The first-order chi connectivity index (χ1) is 14.2. The summed E-state index contributed by atoms with van der Waals surface area (Å²) in [6.07, 6.45) is 8.75. The minimum atomic E-state index is -0.0826. The molecule has 0 saturated carbocycles. The maximum atomic E-state index is 12.6. The van der Waals surface area contributed by atoms with Crippen molar-refractivity contribution >= 4 is 11.9 Å². The van der Waals surface area contributed by atoms with E-state index in [1.807, 2.05) is 53.3 Å². The van der Waals surface area contributed by atoms with Crippen molar-refractivity contribution in [1.29, 1.82) is 0 Å². The Labute approximate surface area is 168 Å². The zero-order chi connectivity index (χ0) is 20.1. The highest BCUT2D eigenvalue weighted by atomic mass is 16.5. The molecule has 0 N–H and O–H groups in total. The van der Waals surface area contributed by atoms with E-state index < -0.39 is 0 Å². The Bertz CT molecular complexity index is 1130. The lowest BCUT2D eigenvalue weighted by Crippen LogP contribution is -1.94.